The van der Waals surface area contributed by atoms with Crippen LogP contribution in [0.5, 0.6) is 0 Å². The second-order valence-corrected chi connectivity index (χ2v) is 8.40. The summed E-state index contributed by atoms with van der Waals surface area (Å²) in [6, 6.07) is 3.79. The molecule has 3 aromatic heterocycles. The van der Waals surface area contributed by atoms with Crippen LogP contribution in [0.25, 0.3) is 11.1 Å². The van der Waals surface area contributed by atoms with E-state index in [1.54, 1.807) is 12.4 Å². The summed E-state index contributed by atoms with van der Waals surface area (Å²) in [6.45, 7) is 8.83. The monoisotopic (exact) mass is 408 g/mol. The van der Waals surface area contributed by atoms with Crippen LogP contribution in [0, 0.1) is 18.8 Å². The zero-order chi connectivity index (χ0) is 21.1. The highest BCUT2D eigenvalue weighted by Crippen LogP contribution is 2.31. The van der Waals surface area contributed by atoms with Crippen LogP contribution in [-0.4, -0.2) is 39.1 Å². The minimum Gasteiger partial charge on any atom is -0.355 e. The van der Waals surface area contributed by atoms with Crippen LogP contribution in [0.15, 0.2) is 29.0 Å². The lowest BCUT2D eigenvalue weighted by Crippen LogP contribution is -2.39. The maximum Gasteiger partial charge on any atom is 0.263 e. The molecule has 0 spiro atoms. The minimum atomic E-state index is -0.0435. The fourth-order valence-electron chi connectivity index (χ4n) is 4.21. The Morgan fingerprint density at radius 1 is 1.27 bits per heavy atom. The van der Waals surface area contributed by atoms with Gasteiger partial charge in [0.25, 0.3) is 5.71 Å². The molecule has 0 aliphatic carbocycles. The number of carbonyl (C=O) groups is 1. The Hall–Kier alpha value is -3.03. The Morgan fingerprint density at radius 3 is 2.80 bits per heavy atom. The predicted octanol–water partition coefficient (Wildman–Crippen LogP) is 3.05. The molecule has 3 aromatic rings. The molecule has 1 amide bonds. The van der Waals surface area contributed by atoms with Crippen molar-refractivity contribution in [2.75, 3.05) is 18.0 Å². The second kappa shape index (κ2) is 8.77. The summed E-state index contributed by atoms with van der Waals surface area (Å²) in [5.41, 5.74) is 2.26. The summed E-state index contributed by atoms with van der Waals surface area (Å²) in [7, 11) is 0. The number of nitrogens with zero attached hydrogens (tertiary/aromatic N) is 5. The van der Waals surface area contributed by atoms with Crippen molar-refractivity contribution in [2.45, 2.75) is 46.6 Å². The standard InChI is InChI=1S/C22H28N6O2/c1-14-9-15(2)13-28(12-14)21-20-16(3)27-30-22(20)26-18(25-21)6-7-19(29)24-11-17-5-4-8-23-10-17/h4-5,8,10,14-15H,6-7,9,11-13H2,1-3H3,(H,24,29). The van der Waals surface area contributed by atoms with Gasteiger partial charge in [0.1, 0.15) is 17.0 Å². The molecule has 0 saturated carbocycles. The predicted molar refractivity (Wildman–Crippen MR) is 114 cm³/mol. The van der Waals surface area contributed by atoms with E-state index in [-0.39, 0.29) is 5.91 Å². The van der Waals surface area contributed by atoms with Gasteiger partial charge in [0.15, 0.2) is 0 Å². The van der Waals surface area contributed by atoms with E-state index in [0.29, 0.717) is 42.8 Å². The van der Waals surface area contributed by atoms with E-state index < -0.39 is 0 Å². The number of anilines is 1. The van der Waals surface area contributed by atoms with Crippen LogP contribution in [0.2, 0.25) is 0 Å². The molecular weight excluding hydrogens is 380 g/mol. The van der Waals surface area contributed by atoms with Crippen molar-refractivity contribution in [1.29, 1.82) is 0 Å². The number of aryl methyl sites for hydroxylation is 2. The number of aromatic nitrogens is 4. The van der Waals surface area contributed by atoms with E-state index in [1.165, 1.54) is 6.42 Å². The SMILES string of the molecule is Cc1noc2nc(CCC(=O)NCc3cccnc3)nc(N3CC(C)CC(C)C3)c12. The summed E-state index contributed by atoms with van der Waals surface area (Å²) in [4.78, 5) is 28.0. The molecule has 0 radical (unpaired) electrons. The zero-order valence-electron chi connectivity index (χ0n) is 17.8. The van der Waals surface area contributed by atoms with Gasteiger partial charge in [-0.15, -0.1) is 0 Å². The van der Waals surface area contributed by atoms with E-state index in [1.807, 2.05) is 19.1 Å². The van der Waals surface area contributed by atoms with Crippen LogP contribution < -0.4 is 10.2 Å². The Kier molecular flexibility index (Phi) is 5.92. The molecule has 0 bridgehead atoms. The highest BCUT2D eigenvalue weighted by molar-refractivity contribution is 5.88. The quantitative estimate of drug-likeness (QED) is 0.669. The van der Waals surface area contributed by atoms with Crippen LogP contribution in [0.4, 0.5) is 5.82 Å². The number of rotatable bonds is 6. The minimum absolute atomic E-state index is 0.0435. The van der Waals surface area contributed by atoms with Crippen molar-refractivity contribution in [3.63, 3.8) is 0 Å². The summed E-state index contributed by atoms with van der Waals surface area (Å²) >= 11 is 0. The van der Waals surface area contributed by atoms with E-state index in [4.69, 9.17) is 9.51 Å². The van der Waals surface area contributed by atoms with Gasteiger partial charge in [-0.3, -0.25) is 9.78 Å². The average Bonchev–Trinajstić information content (AvgIpc) is 3.11. The van der Waals surface area contributed by atoms with Gasteiger partial charge in [-0.05, 0) is 36.8 Å². The molecule has 0 aromatic carbocycles. The van der Waals surface area contributed by atoms with Gasteiger partial charge in [-0.25, -0.2) is 4.98 Å². The largest absolute Gasteiger partial charge is 0.355 e. The summed E-state index contributed by atoms with van der Waals surface area (Å²) in [6.07, 6.45) is 5.44. The van der Waals surface area contributed by atoms with E-state index in [9.17, 15) is 4.79 Å². The number of piperidine rings is 1. The Morgan fingerprint density at radius 2 is 2.07 bits per heavy atom. The molecule has 1 aliphatic rings. The van der Waals surface area contributed by atoms with Gasteiger partial charge < -0.3 is 14.7 Å². The van der Waals surface area contributed by atoms with Crippen molar-refractivity contribution in [3.8, 4) is 0 Å². The third-order valence-electron chi connectivity index (χ3n) is 5.49. The van der Waals surface area contributed by atoms with Crippen molar-refractivity contribution >= 4 is 22.8 Å². The Balaban J connectivity index is 1.48. The van der Waals surface area contributed by atoms with Gasteiger partial charge in [-0.1, -0.05) is 25.1 Å². The Labute approximate surface area is 176 Å². The lowest BCUT2D eigenvalue weighted by atomic mass is 9.92. The first-order valence-corrected chi connectivity index (χ1v) is 10.5. The molecule has 8 nitrogen and oxygen atoms in total. The van der Waals surface area contributed by atoms with Crippen molar-refractivity contribution in [2.24, 2.45) is 11.8 Å². The third kappa shape index (κ3) is 4.58. The van der Waals surface area contributed by atoms with Gasteiger partial charge in [0.05, 0.1) is 5.69 Å². The molecule has 1 aliphatic heterocycles. The number of carbonyl (C=O) groups excluding carboxylic acids is 1. The van der Waals surface area contributed by atoms with Gasteiger partial charge >= 0.3 is 0 Å². The molecular formula is C22H28N6O2. The molecule has 1 saturated heterocycles. The lowest BCUT2D eigenvalue weighted by Gasteiger charge is -2.36. The fourth-order valence-corrected chi connectivity index (χ4v) is 4.21. The molecule has 4 rings (SSSR count). The molecule has 4 heterocycles. The number of hydrogen-bond donors (Lipinski definition) is 1. The Bertz CT molecular complexity index is 1010. The molecule has 1 N–H and O–H groups in total. The second-order valence-electron chi connectivity index (χ2n) is 8.40. The molecule has 30 heavy (non-hydrogen) atoms. The molecule has 2 unspecified atom stereocenters. The first-order chi connectivity index (χ1) is 14.5. The van der Waals surface area contributed by atoms with E-state index in [0.717, 1.165) is 35.6 Å². The summed E-state index contributed by atoms with van der Waals surface area (Å²) < 4.78 is 5.45. The maximum atomic E-state index is 12.3. The van der Waals surface area contributed by atoms with Crippen LogP contribution in [-0.2, 0) is 17.8 Å². The topological polar surface area (TPSA) is 97.0 Å². The van der Waals surface area contributed by atoms with Crippen molar-refractivity contribution in [1.82, 2.24) is 25.4 Å². The van der Waals surface area contributed by atoms with E-state index in [2.05, 4.69) is 39.2 Å². The average molecular weight is 409 g/mol. The number of nitrogens with one attached hydrogen (secondary N) is 1. The molecule has 8 heteroatoms. The normalized spacial score (nSPS) is 19.2. The molecule has 158 valence electrons. The molecule has 1 fully saturated rings. The van der Waals surface area contributed by atoms with Crippen LogP contribution >= 0.6 is 0 Å². The van der Waals surface area contributed by atoms with Crippen LogP contribution in [0.1, 0.15) is 43.8 Å². The van der Waals surface area contributed by atoms with Crippen LogP contribution in [0.3, 0.4) is 0 Å². The molecule has 2 atom stereocenters. The highest BCUT2D eigenvalue weighted by Gasteiger charge is 2.27. The number of hydrogen-bond acceptors (Lipinski definition) is 7. The third-order valence-corrected chi connectivity index (χ3v) is 5.49. The van der Waals surface area contributed by atoms with Crippen molar-refractivity contribution < 1.29 is 9.32 Å². The smallest absolute Gasteiger partial charge is 0.263 e. The summed E-state index contributed by atoms with van der Waals surface area (Å²) in [5.74, 6) is 2.64. The fraction of sp³-hybridized carbons (Fsp3) is 0.500. The first kappa shape index (κ1) is 20.3. The highest BCUT2D eigenvalue weighted by atomic mass is 16.5. The van der Waals surface area contributed by atoms with Crippen molar-refractivity contribution in [3.05, 3.63) is 41.6 Å². The van der Waals surface area contributed by atoms with E-state index >= 15 is 0 Å². The van der Waals surface area contributed by atoms with Gasteiger partial charge in [-0.2, -0.15) is 4.98 Å². The zero-order valence-corrected chi connectivity index (χ0v) is 17.8. The summed E-state index contributed by atoms with van der Waals surface area (Å²) in [5, 5.41) is 7.89. The maximum absolute atomic E-state index is 12.3. The first-order valence-electron chi connectivity index (χ1n) is 10.5. The van der Waals surface area contributed by atoms with Gasteiger partial charge in [0, 0.05) is 44.9 Å². The number of fused-ring (bicyclic) bond motifs is 1. The number of pyridine rings is 1. The van der Waals surface area contributed by atoms with Gasteiger partial charge in [0.2, 0.25) is 5.91 Å². The lowest BCUT2D eigenvalue weighted by molar-refractivity contribution is -0.121. The number of amides is 1.